The molecule has 0 aliphatic heterocycles. The van der Waals surface area contributed by atoms with Gasteiger partial charge in [0.1, 0.15) is 11.8 Å². The molecule has 0 saturated heterocycles. The van der Waals surface area contributed by atoms with E-state index in [1.165, 1.54) is 0 Å². The second-order valence-electron chi connectivity index (χ2n) is 1.71. The molecule has 0 aromatic rings. The Kier molecular flexibility index (Phi) is 6.56. The summed E-state index contributed by atoms with van der Waals surface area (Å²) in [5, 5.41) is 8.24. The van der Waals surface area contributed by atoms with E-state index in [1.54, 1.807) is 6.07 Å². The summed E-state index contributed by atoms with van der Waals surface area (Å²) in [5.74, 6) is 2.29. The van der Waals surface area contributed by atoms with Crippen LogP contribution >= 0.6 is 0 Å². The van der Waals surface area contributed by atoms with Crippen LogP contribution in [0.1, 0.15) is 0 Å². The van der Waals surface area contributed by atoms with Crippen molar-refractivity contribution in [1.29, 1.82) is 5.26 Å². The van der Waals surface area contributed by atoms with E-state index in [-0.39, 0.29) is 5.70 Å². The molecule has 0 rings (SSSR count). The van der Waals surface area contributed by atoms with Crippen LogP contribution in [-0.2, 0) is 0 Å². The molecule has 0 aromatic heterocycles. The molecule has 0 aliphatic rings. The predicted octanol–water partition coefficient (Wildman–Crippen LogP) is 1.97. The van der Waals surface area contributed by atoms with E-state index in [0.717, 1.165) is 0 Å². The Bertz CT molecular complexity index is 565. The molecule has 0 atom stereocenters. The minimum absolute atomic E-state index is 0.0494. The summed E-state index contributed by atoms with van der Waals surface area (Å²) in [6.07, 6.45) is 0. The SMILES string of the molecule is C=C=C=C=C=C=C=C=C=NC(=C)C#N. The molecule has 0 bridgehead atoms. The van der Waals surface area contributed by atoms with Crippen LogP contribution in [0.2, 0.25) is 0 Å². The molecule has 0 saturated carbocycles. The maximum Gasteiger partial charge on any atom is 0.144 e. The molecule has 0 unspecified atom stereocenters. The van der Waals surface area contributed by atoms with Crippen LogP contribution in [0.15, 0.2) is 64.0 Å². The first-order valence-electron chi connectivity index (χ1n) is 3.38. The molecule has 2 nitrogen and oxygen atoms in total. The van der Waals surface area contributed by atoms with E-state index in [4.69, 9.17) is 5.26 Å². The zero-order valence-corrected chi connectivity index (χ0v) is 7.31. The Hall–Kier alpha value is -2.86. The molecular weight excluding hydrogens is 172 g/mol. The number of aliphatic imine (C=N–C) groups is 1. The Morgan fingerprint density at radius 1 is 1.00 bits per heavy atom. The largest absolute Gasteiger partial charge is 0.191 e. The van der Waals surface area contributed by atoms with Crippen molar-refractivity contribution in [2.75, 3.05) is 0 Å². The summed E-state index contributed by atoms with van der Waals surface area (Å²) in [6.45, 7) is 6.57. The van der Waals surface area contributed by atoms with E-state index in [0.29, 0.717) is 0 Å². The van der Waals surface area contributed by atoms with Crippen molar-refractivity contribution in [3.05, 3.63) is 59.0 Å². The minimum atomic E-state index is 0.0494. The fraction of sp³-hybridized carbons (Fsp3) is 0. The van der Waals surface area contributed by atoms with Crippen LogP contribution in [0.25, 0.3) is 0 Å². The molecule has 0 heterocycles. The van der Waals surface area contributed by atoms with Gasteiger partial charge in [-0.1, -0.05) is 12.3 Å². The van der Waals surface area contributed by atoms with Crippen LogP contribution in [0.4, 0.5) is 0 Å². The van der Waals surface area contributed by atoms with Gasteiger partial charge in [0.25, 0.3) is 0 Å². The summed E-state index contributed by atoms with van der Waals surface area (Å²) in [5.41, 5.74) is 16.9. The monoisotopic (exact) mass is 176 g/mol. The van der Waals surface area contributed by atoms with Gasteiger partial charge in [-0.25, -0.2) is 0 Å². The third-order valence-corrected chi connectivity index (χ3v) is 0.777. The Balaban J connectivity index is 5.16. The van der Waals surface area contributed by atoms with Gasteiger partial charge in [0.15, 0.2) is 0 Å². The molecule has 0 aliphatic carbocycles. The molecule has 0 radical (unpaired) electrons. The van der Waals surface area contributed by atoms with Crippen molar-refractivity contribution in [2.24, 2.45) is 4.99 Å². The van der Waals surface area contributed by atoms with Crippen molar-refractivity contribution in [3.8, 4) is 6.07 Å². The number of hydrogen-bond donors (Lipinski definition) is 0. The molecule has 0 N–H and O–H groups in total. The van der Waals surface area contributed by atoms with Gasteiger partial charge in [-0.3, -0.25) is 0 Å². The van der Waals surface area contributed by atoms with Crippen LogP contribution < -0.4 is 0 Å². The lowest BCUT2D eigenvalue weighted by Gasteiger charge is -1.68. The lowest BCUT2D eigenvalue weighted by molar-refractivity contribution is 1.41. The van der Waals surface area contributed by atoms with Crippen molar-refractivity contribution in [2.45, 2.75) is 0 Å². The van der Waals surface area contributed by atoms with Gasteiger partial charge in [-0.05, 0) is 23.8 Å². The third-order valence-electron chi connectivity index (χ3n) is 0.777. The number of rotatable bonds is 1. The van der Waals surface area contributed by atoms with E-state index in [9.17, 15) is 0 Å². The number of nitrogens with zero attached hydrogens (tertiary/aromatic N) is 2. The minimum Gasteiger partial charge on any atom is -0.191 e. The Labute approximate surface area is 81.8 Å². The van der Waals surface area contributed by atoms with Crippen molar-refractivity contribution in [1.82, 2.24) is 0 Å². The molecule has 0 aromatic carbocycles. The average Bonchev–Trinajstić information content (AvgIpc) is 2.21. The third kappa shape index (κ3) is 7.25. The van der Waals surface area contributed by atoms with Crippen molar-refractivity contribution in [3.63, 3.8) is 0 Å². The molecular formula is C12H4N2. The second kappa shape index (κ2) is 8.24. The van der Waals surface area contributed by atoms with Gasteiger partial charge in [-0.2, -0.15) is 10.3 Å². The van der Waals surface area contributed by atoms with Gasteiger partial charge in [0.2, 0.25) is 0 Å². The zero-order chi connectivity index (χ0) is 10.6. The smallest absolute Gasteiger partial charge is 0.144 e. The first-order chi connectivity index (χ1) is 6.81. The zero-order valence-electron chi connectivity index (χ0n) is 7.31. The molecule has 0 spiro atoms. The Morgan fingerprint density at radius 3 is 2.14 bits per heavy atom. The van der Waals surface area contributed by atoms with Gasteiger partial charge >= 0.3 is 0 Å². The van der Waals surface area contributed by atoms with E-state index in [1.807, 2.05) is 0 Å². The van der Waals surface area contributed by atoms with Gasteiger partial charge in [-0.15, -0.1) is 0 Å². The van der Waals surface area contributed by atoms with Gasteiger partial charge < -0.3 is 0 Å². The van der Waals surface area contributed by atoms with Gasteiger partial charge in [0, 0.05) is 23.1 Å². The highest BCUT2D eigenvalue weighted by atomic mass is 14.7. The summed E-state index contributed by atoms with van der Waals surface area (Å²) in [6, 6.07) is 1.72. The standard InChI is InChI=1S/C12H4N2/c1-3-4-5-6-7-8-9-10-14-12(2)11-13/h1-2H2. The maximum absolute atomic E-state index is 8.24. The summed E-state index contributed by atoms with van der Waals surface area (Å²) in [4.78, 5) is 3.47. The van der Waals surface area contributed by atoms with Crippen LogP contribution in [0, 0.1) is 11.3 Å². The van der Waals surface area contributed by atoms with Gasteiger partial charge in [0.05, 0.1) is 0 Å². The summed E-state index contributed by atoms with van der Waals surface area (Å²) in [7, 11) is 0. The van der Waals surface area contributed by atoms with Crippen LogP contribution in [-0.4, -0.2) is 5.87 Å². The first kappa shape index (κ1) is 11.1. The van der Waals surface area contributed by atoms with Crippen molar-refractivity contribution >= 4 is 5.87 Å². The highest BCUT2D eigenvalue weighted by Gasteiger charge is 1.75. The number of nitriles is 1. The van der Waals surface area contributed by atoms with Crippen LogP contribution in [0.5, 0.6) is 0 Å². The topological polar surface area (TPSA) is 36.1 Å². The summed E-state index contributed by atoms with van der Waals surface area (Å²) >= 11 is 0. The predicted molar refractivity (Wildman–Crippen MR) is 52.4 cm³/mol. The maximum atomic E-state index is 8.24. The average molecular weight is 176 g/mol. The molecule has 14 heavy (non-hydrogen) atoms. The quantitative estimate of drug-likeness (QED) is 0.342. The lowest BCUT2D eigenvalue weighted by Crippen LogP contribution is -1.61. The second-order valence-corrected chi connectivity index (χ2v) is 1.71. The molecule has 2 heteroatoms. The number of allylic oxidation sites excluding steroid dienone is 1. The first-order valence-corrected chi connectivity index (χ1v) is 3.38. The highest BCUT2D eigenvalue weighted by Crippen LogP contribution is 1.82. The summed E-state index contributed by atoms with van der Waals surface area (Å²) < 4.78 is 0. The molecule has 0 fully saturated rings. The fourth-order valence-electron chi connectivity index (χ4n) is 0.318. The van der Waals surface area contributed by atoms with Crippen LogP contribution in [0.3, 0.4) is 0 Å². The van der Waals surface area contributed by atoms with E-state index in [2.05, 4.69) is 64.1 Å². The normalized spacial score (nSPS) is 4.79. The Morgan fingerprint density at radius 2 is 1.57 bits per heavy atom. The number of hydrogen-bond acceptors (Lipinski definition) is 2. The highest BCUT2D eigenvalue weighted by molar-refractivity contribution is 5.53. The molecule has 0 amide bonds. The van der Waals surface area contributed by atoms with E-state index >= 15 is 0 Å². The molecule has 62 valence electrons. The van der Waals surface area contributed by atoms with Crippen molar-refractivity contribution < 1.29 is 0 Å². The fourth-order valence-corrected chi connectivity index (χ4v) is 0.318. The lowest BCUT2D eigenvalue weighted by atomic mass is 10.6. The van der Waals surface area contributed by atoms with E-state index < -0.39 is 0 Å².